The highest BCUT2D eigenvalue weighted by Crippen LogP contribution is 2.38. The zero-order chi connectivity index (χ0) is 33.4. The lowest BCUT2D eigenvalue weighted by atomic mass is 9.92. The molecular formula is C38H55F2N5O. The molecule has 0 aliphatic carbocycles. The van der Waals surface area contributed by atoms with E-state index in [4.69, 9.17) is 10.1 Å². The average Bonchev–Trinajstić information content (AvgIpc) is 3.64. The number of aliphatic hydroxyl groups is 1. The Morgan fingerprint density at radius 2 is 1.76 bits per heavy atom. The van der Waals surface area contributed by atoms with Crippen molar-refractivity contribution in [1.29, 1.82) is 0 Å². The monoisotopic (exact) mass is 635 g/mol. The van der Waals surface area contributed by atoms with Gasteiger partial charge in [0.1, 0.15) is 28.7 Å². The van der Waals surface area contributed by atoms with Gasteiger partial charge in [0.05, 0.1) is 5.39 Å². The molecule has 0 saturated carbocycles. The standard InChI is InChI=1S/C29H36F2N4.C8H15N.CH4O/c1-6-10-24(30)20(7-2)21-13-12-18(4)15-22(21)27-26(31)28-23(16-32-27)29(34-25(8-3)33-28)35-14-9-11-19(5)17-35;1-7-5-8-3-2-4-9(8)6-7;1-2/h12-13,15-16,19H,6-11,14,17H2,1-5H3;7-8H,2-6H2,1H3;2H,1H3/b24-20+;;. The average molecular weight is 636 g/mol. The number of fused-ring (bicyclic) bond motifs is 2. The Labute approximate surface area is 275 Å². The summed E-state index contributed by atoms with van der Waals surface area (Å²) >= 11 is 0. The number of piperidine rings is 1. The lowest BCUT2D eigenvalue weighted by molar-refractivity contribution is 0.319. The summed E-state index contributed by atoms with van der Waals surface area (Å²) in [4.78, 5) is 18.9. The van der Waals surface area contributed by atoms with Gasteiger partial charge in [-0.25, -0.2) is 18.7 Å². The van der Waals surface area contributed by atoms with Crippen molar-refractivity contribution in [3.05, 3.63) is 53.0 Å². The fourth-order valence-corrected chi connectivity index (χ4v) is 7.41. The Balaban J connectivity index is 0.000000367. The number of halogens is 2. The SMILES string of the molecule is CC1CC2CCCN2C1.CCC/C(F)=C(/CC)c1ccc(C)cc1-c1ncc2c(N3CCCC(C)C3)nc(CC)nc2c1F.CO. The molecule has 3 unspecified atom stereocenters. The van der Waals surface area contributed by atoms with E-state index in [0.29, 0.717) is 65.0 Å². The van der Waals surface area contributed by atoms with E-state index in [1.807, 2.05) is 45.9 Å². The molecule has 0 amide bonds. The summed E-state index contributed by atoms with van der Waals surface area (Å²) < 4.78 is 31.3. The van der Waals surface area contributed by atoms with Crippen LogP contribution in [0.5, 0.6) is 0 Å². The van der Waals surface area contributed by atoms with Gasteiger partial charge in [0.25, 0.3) is 0 Å². The Bertz CT molecular complexity index is 1480. The smallest absolute Gasteiger partial charge is 0.175 e. The molecule has 6 nitrogen and oxygen atoms in total. The van der Waals surface area contributed by atoms with Crippen LogP contribution in [0.4, 0.5) is 14.6 Å². The fourth-order valence-electron chi connectivity index (χ4n) is 7.41. The molecule has 5 heterocycles. The molecule has 46 heavy (non-hydrogen) atoms. The zero-order valence-corrected chi connectivity index (χ0v) is 29.2. The van der Waals surface area contributed by atoms with Crippen LogP contribution in [-0.2, 0) is 6.42 Å². The molecule has 0 bridgehead atoms. The van der Waals surface area contributed by atoms with Crippen molar-refractivity contribution >= 4 is 22.3 Å². The number of benzene rings is 1. The van der Waals surface area contributed by atoms with Crippen molar-refractivity contribution in [1.82, 2.24) is 19.9 Å². The third-order valence-electron chi connectivity index (χ3n) is 9.61. The Morgan fingerprint density at radius 3 is 2.43 bits per heavy atom. The summed E-state index contributed by atoms with van der Waals surface area (Å²) in [5.74, 6) is 2.32. The van der Waals surface area contributed by atoms with Gasteiger partial charge in [-0.2, -0.15) is 0 Å². The van der Waals surface area contributed by atoms with Gasteiger partial charge in [0, 0.05) is 51.0 Å². The Morgan fingerprint density at radius 1 is 1.00 bits per heavy atom. The molecule has 2 aromatic heterocycles. The van der Waals surface area contributed by atoms with E-state index in [0.717, 1.165) is 50.0 Å². The number of aromatic nitrogens is 3. The first-order valence-corrected chi connectivity index (χ1v) is 17.5. The minimum absolute atomic E-state index is 0.140. The summed E-state index contributed by atoms with van der Waals surface area (Å²) in [5, 5.41) is 7.63. The molecule has 3 fully saturated rings. The molecule has 0 spiro atoms. The van der Waals surface area contributed by atoms with Gasteiger partial charge in [-0.05, 0) is 93.9 Å². The molecule has 1 aromatic carbocycles. The van der Waals surface area contributed by atoms with Crippen LogP contribution in [0.3, 0.4) is 0 Å². The number of aliphatic hydroxyl groups excluding tert-OH is 1. The predicted octanol–water partition coefficient (Wildman–Crippen LogP) is 8.93. The van der Waals surface area contributed by atoms with E-state index in [9.17, 15) is 0 Å². The van der Waals surface area contributed by atoms with Gasteiger partial charge in [-0.1, -0.05) is 52.3 Å². The van der Waals surface area contributed by atoms with E-state index < -0.39 is 5.82 Å². The van der Waals surface area contributed by atoms with E-state index in [-0.39, 0.29) is 11.5 Å². The van der Waals surface area contributed by atoms with Gasteiger partial charge in [0.2, 0.25) is 0 Å². The number of allylic oxidation sites excluding steroid dienone is 2. The highest BCUT2D eigenvalue weighted by Gasteiger charge is 2.32. The molecule has 6 rings (SSSR count). The van der Waals surface area contributed by atoms with E-state index in [2.05, 4.69) is 33.6 Å². The largest absolute Gasteiger partial charge is 0.400 e. The maximum atomic E-state index is 16.2. The molecular weight excluding hydrogens is 580 g/mol. The second-order valence-electron chi connectivity index (χ2n) is 13.4. The second-order valence-corrected chi connectivity index (χ2v) is 13.4. The molecule has 1 N–H and O–H groups in total. The zero-order valence-electron chi connectivity index (χ0n) is 29.2. The summed E-state index contributed by atoms with van der Waals surface area (Å²) in [6.45, 7) is 17.0. The Hall–Kier alpha value is -2.97. The van der Waals surface area contributed by atoms with Crippen molar-refractivity contribution in [2.24, 2.45) is 11.8 Å². The number of pyridine rings is 1. The van der Waals surface area contributed by atoms with Gasteiger partial charge in [-0.3, -0.25) is 4.98 Å². The number of rotatable bonds is 7. The van der Waals surface area contributed by atoms with Crippen LogP contribution in [0.15, 0.2) is 30.2 Å². The number of aryl methyl sites for hydroxylation is 2. The van der Waals surface area contributed by atoms with Crippen LogP contribution in [-0.4, -0.2) is 64.3 Å². The van der Waals surface area contributed by atoms with Gasteiger partial charge in [-0.15, -0.1) is 0 Å². The van der Waals surface area contributed by atoms with Crippen LogP contribution >= 0.6 is 0 Å². The quantitative estimate of drug-likeness (QED) is 0.280. The molecule has 8 heteroatoms. The molecule has 3 aliphatic rings. The van der Waals surface area contributed by atoms with Crippen LogP contribution in [0.2, 0.25) is 0 Å². The maximum Gasteiger partial charge on any atom is 0.175 e. The molecule has 252 valence electrons. The molecule has 3 atom stereocenters. The van der Waals surface area contributed by atoms with Gasteiger partial charge >= 0.3 is 0 Å². The van der Waals surface area contributed by atoms with Crippen molar-refractivity contribution in [3.8, 4) is 11.3 Å². The lowest BCUT2D eigenvalue weighted by Crippen LogP contribution is -2.35. The molecule has 0 radical (unpaired) electrons. The molecule has 3 saturated heterocycles. The summed E-state index contributed by atoms with van der Waals surface area (Å²) in [6, 6.07) is 6.72. The summed E-state index contributed by atoms with van der Waals surface area (Å²) in [7, 11) is 1.00. The van der Waals surface area contributed by atoms with Crippen LogP contribution in [0, 0.1) is 24.6 Å². The van der Waals surface area contributed by atoms with Crippen molar-refractivity contribution in [2.45, 2.75) is 105 Å². The minimum atomic E-state index is -0.468. The van der Waals surface area contributed by atoms with Gasteiger partial charge in [0.15, 0.2) is 5.82 Å². The first kappa shape index (κ1) is 35.9. The molecule has 3 aromatic rings. The van der Waals surface area contributed by atoms with E-state index in [1.165, 1.54) is 38.8 Å². The van der Waals surface area contributed by atoms with Gasteiger partial charge < -0.3 is 14.9 Å². The first-order chi connectivity index (χ1) is 22.2. The third-order valence-corrected chi connectivity index (χ3v) is 9.61. The normalized spacial score (nSPS) is 21.7. The van der Waals surface area contributed by atoms with Crippen molar-refractivity contribution < 1.29 is 13.9 Å². The first-order valence-electron chi connectivity index (χ1n) is 17.5. The van der Waals surface area contributed by atoms with Crippen molar-refractivity contribution in [2.75, 3.05) is 38.2 Å². The lowest BCUT2D eigenvalue weighted by Gasteiger charge is -2.32. The number of nitrogens with zero attached hydrogens (tertiary/aromatic N) is 5. The fraction of sp³-hybridized carbons (Fsp3) is 0.605. The molecule has 3 aliphatic heterocycles. The van der Waals surface area contributed by atoms with Crippen molar-refractivity contribution in [3.63, 3.8) is 0 Å². The number of anilines is 1. The van der Waals surface area contributed by atoms with Crippen LogP contribution in [0.1, 0.15) is 103 Å². The Kier molecular flexibility index (Phi) is 13.0. The van der Waals surface area contributed by atoms with E-state index in [1.54, 1.807) is 6.20 Å². The highest BCUT2D eigenvalue weighted by atomic mass is 19.1. The third kappa shape index (κ3) is 8.11. The summed E-state index contributed by atoms with van der Waals surface area (Å²) in [5.41, 5.74) is 3.39. The predicted molar refractivity (Wildman–Crippen MR) is 187 cm³/mol. The topological polar surface area (TPSA) is 65.4 Å². The number of hydrogen-bond donors (Lipinski definition) is 1. The summed E-state index contributed by atoms with van der Waals surface area (Å²) in [6.07, 6.45) is 10.6. The number of hydrogen-bond acceptors (Lipinski definition) is 6. The highest BCUT2D eigenvalue weighted by molar-refractivity contribution is 5.93. The maximum absolute atomic E-state index is 16.2. The van der Waals surface area contributed by atoms with Crippen LogP contribution < -0.4 is 4.90 Å². The van der Waals surface area contributed by atoms with Crippen LogP contribution in [0.25, 0.3) is 27.7 Å². The van der Waals surface area contributed by atoms with E-state index >= 15 is 8.78 Å². The second kappa shape index (κ2) is 16.7. The minimum Gasteiger partial charge on any atom is -0.400 e.